The molecule has 0 radical (unpaired) electrons. The Bertz CT molecular complexity index is 199. The summed E-state index contributed by atoms with van der Waals surface area (Å²) in [6.07, 6.45) is 3.18. The zero-order chi connectivity index (χ0) is 6.97. The molecule has 0 bridgehead atoms. The lowest BCUT2D eigenvalue weighted by Gasteiger charge is -2.06. The van der Waals surface area contributed by atoms with Gasteiger partial charge in [0.05, 0.1) is 13.4 Å². The van der Waals surface area contributed by atoms with Gasteiger partial charge >= 0.3 is 0 Å². The Morgan fingerprint density at radius 2 is 2.60 bits per heavy atom. The Labute approximate surface area is 58.1 Å². The lowest BCUT2D eigenvalue weighted by molar-refractivity contribution is 0.0665. The van der Waals surface area contributed by atoms with Gasteiger partial charge in [-0.1, -0.05) is 0 Å². The normalized spacial score (nSPS) is 34.3. The van der Waals surface area contributed by atoms with Crippen LogP contribution in [0.15, 0.2) is 17.5 Å². The Kier molecular flexibility index (Phi) is 1.06. The van der Waals surface area contributed by atoms with Crippen molar-refractivity contribution in [2.24, 2.45) is 5.16 Å². The van der Waals surface area contributed by atoms with Crippen LogP contribution in [0.4, 0.5) is 0 Å². The second-order valence-corrected chi connectivity index (χ2v) is 2.09. The lowest BCUT2D eigenvalue weighted by Crippen LogP contribution is -2.26. The highest BCUT2D eigenvalue weighted by atomic mass is 16.7. The SMILES string of the molecule is COC1=NO[C@H]2C=CO[C@H]12. The Morgan fingerprint density at radius 1 is 1.70 bits per heavy atom. The first kappa shape index (κ1) is 5.58. The Balaban J connectivity index is 2.14. The van der Waals surface area contributed by atoms with E-state index in [0.717, 1.165) is 0 Å². The van der Waals surface area contributed by atoms with E-state index in [0.29, 0.717) is 5.90 Å². The summed E-state index contributed by atoms with van der Waals surface area (Å²) in [5, 5.41) is 3.66. The molecule has 0 saturated carbocycles. The van der Waals surface area contributed by atoms with Crippen molar-refractivity contribution in [1.29, 1.82) is 0 Å². The van der Waals surface area contributed by atoms with E-state index in [4.69, 9.17) is 14.3 Å². The molecule has 0 aliphatic carbocycles. The highest BCUT2D eigenvalue weighted by Gasteiger charge is 2.38. The summed E-state index contributed by atoms with van der Waals surface area (Å²) in [5.74, 6) is 0.509. The highest BCUT2D eigenvalue weighted by Crippen LogP contribution is 2.21. The van der Waals surface area contributed by atoms with E-state index in [9.17, 15) is 0 Å². The molecule has 0 aromatic heterocycles. The topological polar surface area (TPSA) is 40.0 Å². The van der Waals surface area contributed by atoms with Crippen molar-refractivity contribution >= 4 is 5.90 Å². The van der Waals surface area contributed by atoms with Gasteiger partial charge in [0.1, 0.15) is 0 Å². The van der Waals surface area contributed by atoms with E-state index < -0.39 is 0 Å². The molecule has 2 rings (SSSR count). The molecule has 0 aromatic rings. The third-order valence-electron chi connectivity index (χ3n) is 1.51. The molecule has 0 spiro atoms. The standard InChI is InChI=1S/C6H7NO3/c1-8-6-5-4(10-7-6)2-3-9-5/h2-5H,1H3/t4-,5-/m0/s1. The lowest BCUT2D eigenvalue weighted by atomic mass is 10.2. The van der Waals surface area contributed by atoms with E-state index in [-0.39, 0.29) is 12.2 Å². The first-order chi connectivity index (χ1) is 4.92. The molecule has 4 nitrogen and oxygen atoms in total. The molecular formula is C6H7NO3. The summed E-state index contributed by atoms with van der Waals surface area (Å²) >= 11 is 0. The van der Waals surface area contributed by atoms with Gasteiger partial charge in [-0.3, -0.25) is 0 Å². The third-order valence-corrected chi connectivity index (χ3v) is 1.51. The van der Waals surface area contributed by atoms with E-state index in [2.05, 4.69) is 5.16 Å². The van der Waals surface area contributed by atoms with Crippen LogP contribution in [0.1, 0.15) is 0 Å². The maximum Gasteiger partial charge on any atom is 0.271 e. The molecular weight excluding hydrogens is 134 g/mol. The largest absolute Gasteiger partial charge is 0.484 e. The number of rotatable bonds is 0. The van der Waals surface area contributed by atoms with Crippen LogP contribution in [0.3, 0.4) is 0 Å². The monoisotopic (exact) mass is 141 g/mol. The van der Waals surface area contributed by atoms with Crippen LogP contribution >= 0.6 is 0 Å². The molecule has 0 unspecified atom stereocenters. The molecule has 4 heteroatoms. The molecule has 2 atom stereocenters. The van der Waals surface area contributed by atoms with Crippen LogP contribution in [0.25, 0.3) is 0 Å². The number of fused-ring (bicyclic) bond motifs is 1. The van der Waals surface area contributed by atoms with Crippen molar-refractivity contribution in [3.05, 3.63) is 12.3 Å². The Hall–Kier alpha value is -1.19. The maximum atomic E-state index is 5.12. The minimum atomic E-state index is -0.148. The Morgan fingerprint density at radius 3 is 3.40 bits per heavy atom. The van der Waals surface area contributed by atoms with E-state index >= 15 is 0 Å². The first-order valence-electron chi connectivity index (χ1n) is 3.01. The van der Waals surface area contributed by atoms with Crippen LogP contribution in [-0.2, 0) is 14.3 Å². The molecule has 0 fully saturated rings. The van der Waals surface area contributed by atoms with Gasteiger partial charge < -0.3 is 14.3 Å². The van der Waals surface area contributed by atoms with Crippen molar-refractivity contribution in [1.82, 2.24) is 0 Å². The van der Waals surface area contributed by atoms with E-state index in [1.807, 2.05) is 0 Å². The first-order valence-corrected chi connectivity index (χ1v) is 3.01. The smallest absolute Gasteiger partial charge is 0.271 e. The van der Waals surface area contributed by atoms with Gasteiger partial charge in [-0.2, -0.15) is 0 Å². The third kappa shape index (κ3) is 0.586. The molecule has 0 N–H and O–H groups in total. The van der Waals surface area contributed by atoms with E-state index in [1.165, 1.54) is 0 Å². The van der Waals surface area contributed by atoms with Gasteiger partial charge in [0.25, 0.3) is 5.90 Å². The summed E-state index contributed by atoms with van der Waals surface area (Å²) in [6, 6.07) is 0. The molecule has 0 saturated heterocycles. The van der Waals surface area contributed by atoms with Crippen molar-refractivity contribution in [3.8, 4) is 0 Å². The van der Waals surface area contributed by atoms with Crippen molar-refractivity contribution in [2.45, 2.75) is 12.2 Å². The minimum Gasteiger partial charge on any atom is -0.484 e. The fraction of sp³-hybridized carbons (Fsp3) is 0.500. The number of ether oxygens (including phenoxy) is 2. The highest BCUT2D eigenvalue weighted by molar-refractivity contribution is 5.83. The zero-order valence-corrected chi connectivity index (χ0v) is 5.48. The predicted molar refractivity (Wildman–Crippen MR) is 33.3 cm³/mol. The fourth-order valence-corrected chi connectivity index (χ4v) is 0.993. The average Bonchev–Trinajstić information content (AvgIpc) is 2.44. The number of methoxy groups -OCH3 is 1. The molecule has 2 aliphatic heterocycles. The van der Waals surface area contributed by atoms with Crippen LogP contribution in [0, 0.1) is 0 Å². The van der Waals surface area contributed by atoms with Crippen molar-refractivity contribution in [2.75, 3.05) is 7.11 Å². The molecule has 0 aromatic carbocycles. The summed E-state index contributed by atoms with van der Waals surface area (Å²) in [5.41, 5.74) is 0. The quantitative estimate of drug-likeness (QED) is 0.485. The van der Waals surface area contributed by atoms with Gasteiger partial charge in [-0.25, -0.2) is 0 Å². The molecule has 10 heavy (non-hydrogen) atoms. The fourth-order valence-electron chi connectivity index (χ4n) is 0.993. The summed E-state index contributed by atoms with van der Waals surface area (Å²) < 4.78 is 10.0. The van der Waals surface area contributed by atoms with Crippen molar-refractivity contribution < 1.29 is 14.3 Å². The van der Waals surface area contributed by atoms with Gasteiger partial charge in [0.2, 0.25) is 6.10 Å². The van der Waals surface area contributed by atoms with Gasteiger partial charge in [0.15, 0.2) is 6.10 Å². The van der Waals surface area contributed by atoms with Gasteiger partial charge in [-0.15, -0.1) is 0 Å². The number of oxime groups is 1. The second kappa shape index (κ2) is 1.90. The second-order valence-electron chi connectivity index (χ2n) is 2.09. The summed E-state index contributed by atoms with van der Waals surface area (Å²) in [7, 11) is 1.55. The maximum absolute atomic E-state index is 5.12. The molecule has 2 heterocycles. The van der Waals surface area contributed by atoms with Gasteiger partial charge in [0, 0.05) is 0 Å². The van der Waals surface area contributed by atoms with Crippen molar-refractivity contribution in [3.63, 3.8) is 0 Å². The number of hydrogen-bond donors (Lipinski definition) is 0. The molecule has 0 amide bonds. The molecule has 2 aliphatic rings. The van der Waals surface area contributed by atoms with Gasteiger partial charge in [-0.05, 0) is 11.2 Å². The molecule has 54 valence electrons. The summed E-state index contributed by atoms with van der Waals surface area (Å²) in [4.78, 5) is 4.93. The predicted octanol–water partition coefficient (Wildman–Crippen LogP) is 0.258. The van der Waals surface area contributed by atoms with Crippen LogP contribution in [0.2, 0.25) is 0 Å². The zero-order valence-electron chi connectivity index (χ0n) is 5.48. The average molecular weight is 141 g/mol. The van der Waals surface area contributed by atoms with Crippen LogP contribution in [0.5, 0.6) is 0 Å². The van der Waals surface area contributed by atoms with E-state index in [1.54, 1.807) is 19.4 Å². The minimum absolute atomic E-state index is 0.0741. The number of nitrogens with zero attached hydrogens (tertiary/aromatic N) is 1. The summed E-state index contributed by atoms with van der Waals surface area (Å²) in [6.45, 7) is 0. The van der Waals surface area contributed by atoms with Crippen LogP contribution < -0.4 is 0 Å². The van der Waals surface area contributed by atoms with Crippen LogP contribution in [-0.4, -0.2) is 25.2 Å². The number of hydrogen-bond acceptors (Lipinski definition) is 4.